The molecule has 0 radical (unpaired) electrons. The minimum atomic E-state index is -1.82. The fourth-order valence-electron chi connectivity index (χ4n) is 1.50. The number of hydrogen-bond acceptors (Lipinski definition) is 4. The minimum absolute atomic E-state index is 0.767. The van der Waals surface area contributed by atoms with E-state index >= 15 is 0 Å². The Kier molecular flexibility index (Phi) is 7.49. The van der Waals surface area contributed by atoms with Crippen LogP contribution in [0.4, 0.5) is 5.69 Å². The van der Waals surface area contributed by atoms with E-state index in [1.165, 1.54) is 5.69 Å². The number of imidazole rings is 1. The normalized spacial score (nSPS) is 9.50. The predicted molar refractivity (Wildman–Crippen MR) is 82.1 cm³/mol. The van der Waals surface area contributed by atoms with Gasteiger partial charge in [0.05, 0.1) is 6.33 Å². The number of carboxylic acids is 2. The number of halogens is 1. The lowest BCUT2D eigenvalue weighted by Gasteiger charge is -2.05. The van der Waals surface area contributed by atoms with Crippen LogP contribution in [0.15, 0.2) is 36.8 Å². The summed E-state index contributed by atoms with van der Waals surface area (Å²) in [6.45, 7) is 0.945. The van der Waals surface area contributed by atoms with E-state index in [2.05, 4.69) is 15.3 Å². The molecule has 7 nitrogen and oxygen atoms in total. The Morgan fingerprint density at radius 1 is 1.18 bits per heavy atom. The number of carbonyl (C=O) groups is 2. The van der Waals surface area contributed by atoms with Crippen LogP contribution in [0.1, 0.15) is 12.1 Å². The number of benzene rings is 1. The topological polar surface area (TPSA) is 115 Å². The molecule has 118 valence electrons. The second-order valence-electron chi connectivity index (χ2n) is 4.22. The van der Waals surface area contributed by atoms with Crippen LogP contribution < -0.4 is 5.32 Å². The van der Waals surface area contributed by atoms with Gasteiger partial charge in [-0.2, -0.15) is 0 Å². The second kappa shape index (κ2) is 9.41. The number of nitrogens with one attached hydrogen (secondary N) is 2. The Morgan fingerprint density at radius 2 is 1.82 bits per heavy atom. The lowest BCUT2D eigenvalue weighted by atomic mass is 10.2. The predicted octanol–water partition coefficient (Wildman–Crippen LogP) is 2.26. The molecule has 0 saturated heterocycles. The molecule has 0 aliphatic carbocycles. The summed E-state index contributed by atoms with van der Waals surface area (Å²) in [5.41, 5.74) is 2.28. The van der Waals surface area contributed by atoms with Gasteiger partial charge in [-0.25, -0.2) is 14.6 Å². The molecule has 0 aliphatic heterocycles. The first-order valence-electron chi connectivity index (χ1n) is 6.42. The zero-order valence-corrected chi connectivity index (χ0v) is 12.4. The third kappa shape index (κ3) is 7.30. The molecule has 0 fully saturated rings. The maximum absolute atomic E-state index is 9.10. The fraction of sp³-hybridized carbons (Fsp3) is 0.214. The van der Waals surface area contributed by atoms with Crippen LogP contribution in [0.25, 0.3) is 0 Å². The largest absolute Gasteiger partial charge is 0.473 e. The first-order valence-corrected chi connectivity index (χ1v) is 6.79. The Morgan fingerprint density at radius 3 is 2.32 bits per heavy atom. The summed E-state index contributed by atoms with van der Waals surface area (Å²) in [5, 5.41) is 18.9. The number of aryl methyl sites for hydroxylation is 1. The number of aromatic amines is 1. The molecular weight excluding hydrogens is 310 g/mol. The van der Waals surface area contributed by atoms with Crippen LogP contribution in [-0.2, 0) is 16.0 Å². The zero-order chi connectivity index (χ0) is 16.4. The molecular formula is C14H16ClN3O4. The molecule has 1 aromatic carbocycles. The van der Waals surface area contributed by atoms with Gasteiger partial charge in [0, 0.05) is 29.1 Å². The smallest absolute Gasteiger partial charge is 0.414 e. The monoisotopic (exact) mass is 325 g/mol. The average Bonchev–Trinajstić information content (AvgIpc) is 2.99. The summed E-state index contributed by atoms with van der Waals surface area (Å²) in [7, 11) is 0. The Balaban J connectivity index is 0.000000346. The van der Waals surface area contributed by atoms with E-state index in [-0.39, 0.29) is 0 Å². The van der Waals surface area contributed by atoms with Crippen LogP contribution in [0.5, 0.6) is 0 Å². The van der Waals surface area contributed by atoms with Gasteiger partial charge in [-0.15, -0.1) is 0 Å². The van der Waals surface area contributed by atoms with Crippen molar-refractivity contribution in [2.75, 3.05) is 11.9 Å². The Hall–Kier alpha value is -2.54. The summed E-state index contributed by atoms with van der Waals surface area (Å²) in [6.07, 6.45) is 5.66. The molecule has 2 rings (SSSR count). The molecule has 4 N–H and O–H groups in total. The molecule has 0 spiro atoms. The van der Waals surface area contributed by atoms with Crippen LogP contribution in [0, 0.1) is 0 Å². The van der Waals surface area contributed by atoms with Crippen molar-refractivity contribution in [1.29, 1.82) is 0 Å². The summed E-state index contributed by atoms with van der Waals surface area (Å²) in [6, 6.07) is 7.74. The third-order valence-electron chi connectivity index (χ3n) is 2.53. The van der Waals surface area contributed by atoms with Gasteiger partial charge in [0.1, 0.15) is 0 Å². The van der Waals surface area contributed by atoms with E-state index in [1.807, 2.05) is 30.5 Å². The van der Waals surface area contributed by atoms with Gasteiger partial charge in [0.15, 0.2) is 0 Å². The highest BCUT2D eigenvalue weighted by molar-refractivity contribution is 6.30. The second-order valence-corrected chi connectivity index (χ2v) is 4.66. The van der Waals surface area contributed by atoms with Crippen LogP contribution in [0.2, 0.25) is 5.02 Å². The molecule has 22 heavy (non-hydrogen) atoms. The molecule has 0 saturated carbocycles. The number of anilines is 1. The number of aromatic nitrogens is 2. The van der Waals surface area contributed by atoms with E-state index in [4.69, 9.17) is 31.4 Å². The molecule has 0 amide bonds. The molecule has 0 unspecified atom stereocenters. The SMILES string of the molecule is Clc1ccc(NCCCc2cnc[nH]2)cc1.O=C(O)C(=O)O. The van der Waals surface area contributed by atoms with Crippen molar-refractivity contribution < 1.29 is 19.8 Å². The van der Waals surface area contributed by atoms with Crippen LogP contribution in [0.3, 0.4) is 0 Å². The van der Waals surface area contributed by atoms with E-state index in [1.54, 1.807) is 6.33 Å². The highest BCUT2D eigenvalue weighted by Gasteiger charge is 2.04. The molecule has 0 bridgehead atoms. The number of nitrogens with zero attached hydrogens (tertiary/aromatic N) is 1. The lowest BCUT2D eigenvalue weighted by molar-refractivity contribution is -0.159. The van der Waals surface area contributed by atoms with Crippen molar-refractivity contribution in [2.24, 2.45) is 0 Å². The molecule has 1 heterocycles. The van der Waals surface area contributed by atoms with Gasteiger partial charge in [-0.1, -0.05) is 11.6 Å². The highest BCUT2D eigenvalue weighted by atomic mass is 35.5. The first kappa shape index (κ1) is 17.5. The third-order valence-corrected chi connectivity index (χ3v) is 2.79. The van der Waals surface area contributed by atoms with Gasteiger partial charge in [0.2, 0.25) is 0 Å². The molecule has 0 aliphatic rings. The van der Waals surface area contributed by atoms with E-state index in [0.717, 1.165) is 30.1 Å². The van der Waals surface area contributed by atoms with Crippen molar-refractivity contribution >= 4 is 29.2 Å². The van der Waals surface area contributed by atoms with Gasteiger partial charge in [0.25, 0.3) is 0 Å². The van der Waals surface area contributed by atoms with Crippen molar-refractivity contribution in [3.05, 3.63) is 47.5 Å². The summed E-state index contributed by atoms with van der Waals surface area (Å²) in [5.74, 6) is -3.65. The summed E-state index contributed by atoms with van der Waals surface area (Å²) in [4.78, 5) is 25.3. The highest BCUT2D eigenvalue weighted by Crippen LogP contribution is 2.13. The van der Waals surface area contributed by atoms with Crippen LogP contribution >= 0.6 is 11.6 Å². The number of H-pyrrole nitrogens is 1. The standard InChI is InChI=1S/C12H14ClN3.C2H2O4/c13-10-3-5-11(6-4-10)15-7-1-2-12-8-14-9-16-12;3-1(4)2(5)6/h3-6,8-9,15H,1-2,7H2,(H,14,16);(H,3,4)(H,5,6). The zero-order valence-electron chi connectivity index (χ0n) is 11.6. The minimum Gasteiger partial charge on any atom is -0.473 e. The van der Waals surface area contributed by atoms with Gasteiger partial charge < -0.3 is 20.5 Å². The molecule has 2 aromatic rings. The quantitative estimate of drug-likeness (QED) is 0.495. The average molecular weight is 326 g/mol. The lowest BCUT2D eigenvalue weighted by Crippen LogP contribution is -2.09. The van der Waals surface area contributed by atoms with E-state index in [9.17, 15) is 0 Å². The van der Waals surface area contributed by atoms with Gasteiger partial charge in [-0.05, 0) is 37.1 Å². The van der Waals surface area contributed by atoms with Crippen LogP contribution in [-0.4, -0.2) is 38.7 Å². The summed E-state index contributed by atoms with van der Waals surface area (Å²) >= 11 is 5.80. The van der Waals surface area contributed by atoms with Crippen molar-refractivity contribution in [2.45, 2.75) is 12.8 Å². The Labute approximate surface area is 132 Å². The van der Waals surface area contributed by atoms with Crippen molar-refractivity contribution in [1.82, 2.24) is 9.97 Å². The number of carboxylic acid groups (broad SMARTS) is 2. The van der Waals surface area contributed by atoms with Gasteiger partial charge in [-0.3, -0.25) is 0 Å². The number of rotatable bonds is 5. The molecule has 0 atom stereocenters. The Bertz CT molecular complexity index is 573. The van der Waals surface area contributed by atoms with E-state index in [0.29, 0.717) is 0 Å². The number of hydrogen-bond donors (Lipinski definition) is 4. The summed E-state index contributed by atoms with van der Waals surface area (Å²) < 4.78 is 0. The number of aliphatic carboxylic acids is 2. The maximum Gasteiger partial charge on any atom is 0.414 e. The molecule has 8 heteroatoms. The maximum atomic E-state index is 9.10. The molecule has 1 aromatic heterocycles. The van der Waals surface area contributed by atoms with Gasteiger partial charge >= 0.3 is 11.9 Å². The fourth-order valence-corrected chi connectivity index (χ4v) is 1.63. The van der Waals surface area contributed by atoms with Crippen molar-refractivity contribution in [3.8, 4) is 0 Å². The van der Waals surface area contributed by atoms with E-state index < -0.39 is 11.9 Å². The first-order chi connectivity index (χ1) is 10.5. The van der Waals surface area contributed by atoms with Crippen molar-refractivity contribution in [3.63, 3.8) is 0 Å².